The molecule has 0 spiro atoms. The molecule has 0 aliphatic heterocycles. The van der Waals surface area contributed by atoms with Crippen molar-refractivity contribution in [2.45, 2.75) is 25.5 Å². The summed E-state index contributed by atoms with van der Waals surface area (Å²) in [5.41, 5.74) is 0.962. The Morgan fingerprint density at radius 3 is 2.47 bits per heavy atom. The molecule has 0 atom stereocenters. The Bertz CT molecular complexity index is 576. The number of aromatic nitrogens is 2. The second-order valence-corrected chi connectivity index (χ2v) is 4.50. The molecular formula is C13H12ClF3N2. The summed E-state index contributed by atoms with van der Waals surface area (Å²) in [4.78, 5) is 0. The van der Waals surface area contributed by atoms with Crippen LogP contribution in [-0.2, 0) is 18.6 Å². The van der Waals surface area contributed by atoms with Crippen LogP contribution in [0.25, 0.3) is 0 Å². The van der Waals surface area contributed by atoms with Crippen LogP contribution < -0.4 is 0 Å². The Morgan fingerprint density at radius 1 is 1.21 bits per heavy atom. The van der Waals surface area contributed by atoms with Crippen molar-refractivity contribution in [2.75, 3.05) is 0 Å². The maximum Gasteiger partial charge on any atom is 0.433 e. The highest BCUT2D eigenvalue weighted by atomic mass is 35.5. The van der Waals surface area contributed by atoms with E-state index >= 15 is 0 Å². The van der Waals surface area contributed by atoms with Crippen molar-refractivity contribution < 1.29 is 13.2 Å². The maximum absolute atomic E-state index is 13.0. The predicted molar refractivity (Wildman–Crippen MR) is 67.1 cm³/mol. The summed E-state index contributed by atoms with van der Waals surface area (Å²) in [5, 5.41) is 3.80. The molecule has 0 radical (unpaired) electrons. The molecule has 0 amide bonds. The SMILES string of the molecule is Cc1ccccc1Cn1ncc(CCl)c1C(F)(F)F. The van der Waals surface area contributed by atoms with Crippen molar-refractivity contribution in [1.29, 1.82) is 0 Å². The standard InChI is InChI=1S/C13H12ClF3N2/c1-9-4-2-3-5-10(9)8-19-12(13(15,16)17)11(6-14)7-18-19/h2-5,7H,6,8H2,1H3. The highest BCUT2D eigenvalue weighted by Gasteiger charge is 2.37. The van der Waals surface area contributed by atoms with Crippen LogP contribution in [0.1, 0.15) is 22.4 Å². The number of halogens is 4. The van der Waals surface area contributed by atoms with Crippen molar-refractivity contribution in [2.24, 2.45) is 0 Å². The Balaban J connectivity index is 2.42. The fourth-order valence-electron chi connectivity index (χ4n) is 1.92. The first kappa shape index (κ1) is 13.9. The number of alkyl halides is 4. The van der Waals surface area contributed by atoms with E-state index in [9.17, 15) is 13.2 Å². The van der Waals surface area contributed by atoms with Crippen LogP contribution in [0, 0.1) is 6.92 Å². The summed E-state index contributed by atoms with van der Waals surface area (Å²) in [7, 11) is 0. The predicted octanol–water partition coefficient (Wildman–Crippen LogP) is 4.00. The zero-order valence-electron chi connectivity index (χ0n) is 10.2. The molecule has 6 heteroatoms. The molecule has 1 aromatic carbocycles. The molecular weight excluding hydrogens is 277 g/mol. The largest absolute Gasteiger partial charge is 0.433 e. The van der Waals surface area contributed by atoms with E-state index in [0.29, 0.717) is 0 Å². The summed E-state index contributed by atoms with van der Waals surface area (Å²) in [6.45, 7) is 1.94. The molecule has 19 heavy (non-hydrogen) atoms. The van der Waals surface area contributed by atoms with Gasteiger partial charge in [-0.15, -0.1) is 11.6 Å². The molecule has 0 N–H and O–H groups in total. The minimum Gasteiger partial charge on any atom is -0.256 e. The Labute approximate surface area is 113 Å². The van der Waals surface area contributed by atoms with Gasteiger partial charge in [0, 0.05) is 5.56 Å². The number of aryl methyl sites for hydroxylation is 1. The lowest BCUT2D eigenvalue weighted by Gasteiger charge is -2.13. The summed E-state index contributed by atoms with van der Waals surface area (Å²) < 4.78 is 40.0. The molecule has 2 aromatic rings. The van der Waals surface area contributed by atoms with Crippen molar-refractivity contribution in [3.05, 3.63) is 52.8 Å². The van der Waals surface area contributed by atoms with Gasteiger partial charge in [0.1, 0.15) is 5.69 Å². The quantitative estimate of drug-likeness (QED) is 0.781. The van der Waals surface area contributed by atoms with Crippen LogP contribution in [0.4, 0.5) is 13.2 Å². The minimum absolute atomic E-state index is 0.00255. The maximum atomic E-state index is 13.0. The smallest absolute Gasteiger partial charge is 0.256 e. The van der Waals surface area contributed by atoms with Gasteiger partial charge >= 0.3 is 6.18 Å². The molecule has 0 aliphatic rings. The first-order valence-electron chi connectivity index (χ1n) is 5.66. The van der Waals surface area contributed by atoms with Gasteiger partial charge in [-0.05, 0) is 18.1 Å². The van der Waals surface area contributed by atoms with E-state index in [1.165, 1.54) is 6.20 Å². The second kappa shape index (κ2) is 5.25. The molecule has 2 rings (SSSR count). The van der Waals surface area contributed by atoms with Gasteiger partial charge in [-0.3, -0.25) is 4.68 Å². The first-order valence-corrected chi connectivity index (χ1v) is 6.19. The molecule has 1 heterocycles. The molecule has 0 saturated carbocycles. The Hall–Kier alpha value is -1.49. The molecule has 0 bridgehead atoms. The number of hydrogen-bond donors (Lipinski definition) is 0. The van der Waals surface area contributed by atoms with Gasteiger partial charge in [-0.2, -0.15) is 18.3 Å². The van der Waals surface area contributed by atoms with Gasteiger partial charge in [0.15, 0.2) is 0 Å². The lowest BCUT2D eigenvalue weighted by Crippen LogP contribution is -2.17. The highest BCUT2D eigenvalue weighted by Crippen LogP contribution is 2.33. The number of hydrogen-bond acceptors (Lipinski definition) is 1. The fourth-order valence-corrected chi connectivity index (χ4v) is 2.11. The van der Waals surface area contributed by atoms with E-state index < -0.39 is 11.9 Å². The number of nitrogens with zero attached hydrogens (tertiary/aromatic N) is 2. The van der Waals surface area contributed by atoms with Gasteiger partial charge in [0.05, 0.1) is 18.6 Å². The molecule has 102 valence electrons. The third-order valence-electron chi connectivity index (χ3n) is 2.91. The van der Waals surface area contributed by atoms with Gasteiger partial charge < -0.3 is 0 Å². The molecule has 0 aliphatic carbocycles. The number of benzene rings is 1. The highest BCUT2D eigenvalue weighted by molar-refractivity contribution is 6.17. The van der Waals surface area contributed by atoms with Crippen molar-refractivity contribution in [3.63, 3.8) is 0 Å². The van der Waals surface area contributed by atoms with Gasteiger partial charge in [0.25, 0.3) is 0 Å². The zero-order chi connectivity index (χ0) is 14.0. The van der Waals surface area contributed by atoms with E-state index in [4.69, 9.17) is 11.6 Å². The molecule has 0 unspecified atom stereocenters. The zero-order valence-corrected chi connectivity index (χ0v) is 11.0. The Kier molecular flexibility index (Phi) is 3.85. The van der Waals surface area contributed by atoms with Crippen LogP contribution in [0.15, 0.2) is 30.5 Å². The third-order valence-corrected chi connectivity index (χ3v) is 3.20. The van der Waals surface area contributed by atoms with E-state index in [2.05, 4.69) is 5.10 Å². The van der Waals surface area contributed by atoms with Crippen molar-refractivity contribution in [3.8, 4) is 0 Å². The minimum atomic E-state index is -4.45. The molecule has 0 fully saturated rings. The third kappa shape index (κ3) is 2.92. The fraction of sp³-hybridized carbons (Fsp3) is 0.308. The monoisotopic (exact) mass is 288 g/mol. The first-order chi connectivity index (χ1) is 8.93. The normalized spacial score (nSPS) is 11.8. The average Bonchev–Trinajstić information content (AvgIpc) is 2.75. The van der Waals surface area contributed by atoms with Crippen LogP contribution in [0.5, 0.6) is 0 Å². The van der Waals surface area contributed by atoms with Crippen molar-refractivity contribution >= 4 is 11.6 Å². The molecule has 1 aromatic heterocycles. The van der Waals surface area contributed by atoms with Crippen LogP contribution in [-0.4, -0.2) is 9.78 Å². The lowest BCUT2D eigenvalue weighted by atomic mass is 10.1. The lowest BCUT2D eigenvalue weighted by molar-refractivity contribution is -0.144. The summed E-state index contributed by atoms with van der Waals surface area (Å²) in [5.74, 6) is -0.206. The summed E-state index contributed by atoms with van der Waals surface area (Å²) in [6.07, 6.45) is -3.28. The van der Waals surface area contributed by atoms with Crippen LogP contribution >= 0.6 is 11.6 Å². The average molecular weight is 289 g/mol. The molecule has 2 nitrogen and oxygen atoms in total. The molecule has 0 saturated heterocycles. The van der Waals surface area contributed by atoms with E-state index in [-0.39, 0.29) is 18.0 Å². The number of rotatable bonds is 3. The van der Waals surface area contributed by atoms with E-state index in [0.717, 1.165) is 15.8 Å². The Morgan fingerprint density at radius 2 is 1.89 bits per heavy atom. The van der Waals surface area contributed by atoms with Crippen molar-refractivity contribution in [1.82, 2.24) is 9.78 Å². The second-order valence-electron chi connectivity index (χ2n) is 4.23. The van der Waals surface area contributed by atoms with Gasteiger partial charge in [-0.25, -0.2) is 0 Å². The van der Waals surface area contributed by atoms with Crippen LogP contribution in [0.2, 0.25) is 0 Å². The van der Waals surface area contributed by atoms with E-state index in [1.807, 2.05) is 19.1 Å². The van der Waals surface area contributed by atoms with E-state index in [1.54, 1.807) is 12.1 Å². The summed E-state index contributed by atoms with van der Waals surface area (Å²) in [6, 6.07) is 7.28. The topological polar surface area (TPSA) is 17.8 Å². The van der Waals surface area contributed by atoms with Gasteiger partial charge in [0.2, 0.25) is 0 Å². The van der Waals surface area contributed by atoms with Crippen LogP contribution in [0.3, 0.4) is 0 Å². The summed E-state index contributed by atoms with van der Waals surface area (Å²) >= 11 is 5.53. The van der Waals surface area contributed by atoms with Gasteiger partial charge in [-0.1, -0.05) is 24.3 Å².